The Morgan fingerprint density at radius 1 is 1.42 bits per heavy atom. The molecule has 0 saturated carbocycles. The minimum Gasteiger partial charge on any atom is -0.468 e. The van der Waals surface area contributed by atoms with E-state index in [0.29, 0.717) is 23.6 Å². The first-order chi connectivity index (χ1) is 11.2. The summed E-state index contributed by atoms with van der Waals surface area (Å²) in [5, 5.41) is 4.28. The fourth-order valence-corrected chi connectivity index (χ4v) is 6.09. The van der Waals surface area contributed by atoms with Gasteiger partial charge in [0.05, 0.1) is 41.7 Å². The molecule has 1 saturated heterocycles. The van der Waals surface area contributed by atoms with Crippen molar-refractivity contribution in [3.63, 3.8) is 0 Å². The minimum absolute atomic E-state index is 0.00568. The Bertz CT molecular complexity index is 943. The predicted octanol–water partition coefficient (Wildman–Crippen LogP) is 0.931. The third-order valence-corrected chi connectivity index (χ3v) is 7.50. The van der Waals surface area contributed by atoms with Crippen LogP contribution in [-0.4, -0.2) is 38.1 Å². The average Bonchev–Trinajstić information content (AvgIpc) is 3.17. The Morgan fingerprint density at radius 3 is 2.75 bits per heavy atom. The number of aromatic nitrogens is 2. The second-order valence-electron chi connectivity index (χ2n) is 5.91. The highest BCUT2D eigenvalue weighted by Crippen LogP contribution is 2.28. The minimum atomic E-state index is -3.78. The van der Waals surface area contributed by atoms with Crippen molar-refractivity contribution < 1.29 is 21.3 Å². The van der Waals surface area contributed by atoms with Crippen molar-refractivity contribution >= 4 is 19.9 Å². The van der Waals surface area contributed by atoms with Gasteiger partial charge in [-0.3, -0.25) is 4.68 Å². The summed E-state index contributed by atoms with van der Waals surface area (Å²) in [4.78, 5) is 0.0957. The highest BCUT2D eigenvalue weighted by atomic mass is 32.2. The lowest BCUT2D eigenvalue weighted by Gasteiger charge is -2.11. The van der Waals surface area contributed by atoms with E-state index in [9.17, 15) is 16.8 Å². The van der Waals surface area contributed by atoms with Crippen LogP contribution in [0, 0.1) is 13.8 Å². The molecule has 0 amide bonds. The van der Waals surface area contributed by atoms with Gasteiger partial charge in [-0.15, -0.1) is 0 Å². The normalized spacial score (nSPS) is 20.5. The molecule has 24 heavy (non-hydrogen) atoms. The molecule has 0 radical (unpaired) electrons. The van der Waals surface area contributed by atoms with Gasteiger partial charge in [0.1, 0.15) is 10.7 Å². The van der Waals surface area contributed by atoms with Gasteiger partial charge in [-0.1, -0.05) is 0 Å². The highest BCUT2D eigenvalue weighted by molar-refractivity contribution is 7.91. The van der Waals surface area contributed by atoms with E-state index in [1.807, 2.05) is 0 Å². The maximum atomic E-state index is 12.6. The van der Waals surface area contributed by atoms with Gasteiger partial charge in [-0.05, 0) is 32.4 Å². The van der Waals surface area contributed by atoms with Crippen LogP contribution in [0.4, 0.5) is 0 Å². The molecule has 3 rings (SSSR count). The second-order valence-corrected chi connectivity index (χ2v) is 9.84. The summed E-state index contributed by atoms with van der Waals surface area (Å²) in [5.74, 6) is 0.603. The Balaban J connectivity index is 1.88. The van der Waals surface area contributed by atoms with E-state index in [1.54, 1.807) is 26.0 Å². The number of hydrogen-bond donors (Lipinski definition) is 1. The summed E-state index contributed by atoms with van der Waals surface area (Å²) in [6.07, 6.45) is 1.92. The molecule has 1 N–H and O–H groups in total. The number of aryl methyl sites for hydroxylation is 1. The quantitative estimate of drug-likeness (QED) is 0.835. The largest absolute Gasteiger partial charge is 0.468 e. The molecule has 1 atom stereocenters. The Hall–Kier alpha value is -1.65. The Labute approximate surface area is 140 Å². The van der Waals surface area contributed by atoms with Gasteiger partial charge < -0.3 is 4.42 Å². The van der Waals surface area contributed by atoms with Gasteiger partial charge in [-0.25, -0.2) is 21.6 Å². The van der Waals surface area contributed by atoms with E-state index >= 15 is 0 Å². The first kappa shape index (κ1) is 17.2. The molecule has 0 bridgehead atoms. The predicted molar refractivity (Wildman–Crippen MR) is 86.7 cm³/mol. The fraction of sp³-hybridized carbons (Fsp3) is 0.500. The van der Waals surface area contributed by atoms with Gasteiger partial charge in [0.2, 0.25) is 10.0 Å². The molecular formula is C14H19N3O5S2. The van der Waals surface area contributed by atoms with Crippen LogP contribution in [0.1, 0.15) is 29.6 Å². The first-order valence-corrected chi connectivity index (χ1v) is 10.8. The standard InChI is InChI=1S/C14H19N3O5S2/c1-10-14(24(20,21)15-8-13-4-3-6-22-13)11(2)17(16-10)12-5-7-23(18,19)9-12/h3-4,6,12,15H,5,7-9H2,1-2H3/t12-/m0/s1. The summed E-state index contributed by atoms with van der Waals surface area (Å²) in [6.45, 7) is 3.29. The van der Waals surface area contributed by atoms with Crippen LogP contribution < -0.4 is 4.72 Å². The van der Waals surface area contributed by atoms with E-state index in [-0.39, 0.29) is 29.0 Å². The molecule has 0 spiro atoms. The molecule has 2 aromatic heterocycles. The molecule has 0 aliphatic carbocycles. The van der Waals surface area contributed by atoms with E-state index in [4.69, 9.17) is 4.42 Å². The zero-order chi connectivity index (χ0) is 17.5. The van der Waals surface area contributed by atoms with E-state index in [0.717, 1.165) is 0 Å². The van der Waals surface area contributed by atoms with Crippen LogP contribution in [0.2, 0.25) is 0 Å². The van der Waals surface area contributed by atoms with Crippen LogP contribution in [0.25, 0.3) is 0 Å². The number of nitrogens with zero attached hydrogens (tertiary/aromatic N) is 2. The molecular weight excluding hydrogens is 354 g/mol. The Morgan fingerprint density at radius 2 is 2.17 bits per heavy atom. The highest BCUT2D eigenvalue weighted by Gasteiger charge is 2.33. The summed E-state index contributed by atoms with van der Waals surface area (Å²) >= 11 is 0. The first-order valence-electron chi connectivity index (χ1n) is 7.48. The molecule has 132 valence electrons. The molecule has 2 aromatic rings. The summed E-state index contributed by atoms with van der Waals surface area (Å²) in [6, 6.07) is 3.04. The molecule has 1 aliphatic heterocycles. The van der Waals surface area contributed by atoms with Gasteiger partial charge in [0.25, 0.3) is 0 Å². The number of sulfonamides is 1. The SMILES string of the molecule is Cc1nn([C@H]2CCS(=O)(=O)C2)c(C)c1S(=O)(=O)NCc1ccco1. The molecule has 0 unspecified atom stereocenters. The third-order valence-electron chi connectivity index (χ3n) is 4.10. The number of furan rings is 1. The Kier molecular flexibility index (Phi) is 4.30. The molecule has 1 fully saturated rings. The van der Waals surface area contributed by atoms with Crippen LogP contribution >= 0.6 is 0 Å². The zero-order valence-electron chi connectivity index (χ0n) is 13.4. The zero-order valence-corrected chi connectivity index (χ0v) is 15.0. The lowest BCUT2D eigenvalue weighted by molar-refractivity contribution is 0.484. The van der Waals surface area contributed by atoms with Gasteiger partial charge in [-0.2, -0.15) is 5.10 Å². The number of hydrogen-bond acceptors (Lipinski definition) is 6. The topological polar surface area (TPSA) is 111 Å². The van der Waals surface area contributed by atoms with Crippen molar-refractivity contribution in [2.24, 2.45) is 0 Å². The maximum absolute atomic E-state index is 12.6. The lowest BCUT2D eigenvalue weighted by Crippen LogP contribution is -2.24. The number of rotatable bonds is 5. The average molecular weight is 373 g/mol. The smallest absolute Gasteiger partial charge is 0.244 e. The van der Waals surface area contributed by atoms with Crippen molar-refractivity contribution in [2.45, 2.75) is 37.8 Å². The summed E-state index contributed by atoms with van der Waals surface area (Å²) in [7, 11) is -6.86. The van der Waals surface area contributed by atoms with E-state index in [1.165, 1.54) is 10.9 Å². The third kappa shape index (κ3) is 3.26. The molecule has 3 heterocycles. The van der Waals surface area contributed by atoms with Crippen LogP contribution in [0.3, 0.4) is 0 Å². The van der Waals surface area contributed by atoms with Gasteiger partial charge in [0, 0.05) is 0 Å². The molecule has 8 nitrogen and oxygen atoms in total. The fourth-order valence-electron chi connectivity index (χ4n) is 3.01. The maximum Gasteiger partial charge on any atom is 0.244 e. The van der Waals surface area contributed by atoms with Crippen LogP contribution in [-0.2, 0) is 26.4 Å². The van der Waals surface area contributed by atoms with E-state index < -0.39 is 19.9 Å². The van der Waals surface area contributed by atoms with Crippen molar-refractivity contribution in [1.82, 2.24) is 14.5 Å². The summed E-state index contributed by atoms with van der Waals surface area (Å²) in [5.41, 5.74) is 0.797. The monoisotopic (exact) mass is 373 g/mol. The lowest BCUT2D eigenvalue weighted by atomic mass is 10.2. The van der Waals surface area contributed by atoms with Crippen molar-refractivity contribution in [2.75, 3.05) is 11.5 Å². The van der Waals surface area contributed by atoms with Crippen molar-refractivity contribution in [3.8, 4) is 0 Å². The molecule has 1 aliphatic rings. The van der Waals surface area contributed by atoms with Crippen LogP contribution in [0.15, 0.2) is 27.7 Å². The van der Waals surface area contributed by atoms with Crippen LogP contribution in [0.5, 0.6) is 0 Å². The van der Waals surface area contributed by atoms with Gasteiger partial charge in [0.15, 0.2) is 9.84 Å². The van der Waals surface area contributed by atoms with Gasteiger partial charge >= 0.3 is 0 Å². The second kappa shape index (κ2) is 6.01. The summed E-state index contributed by atoms with van der Waals surface area (Å²) < 4.78 is 57.7. The van der Waals surface area contributed by atoms with Crippen molar-refractivity contribution in [1.29, 1.82) is 0 Å². The molecule has 0 aromatic carbocycles. The number of nitrogens with one attached hydrogen (secondary N) is 1. The molecule has 10 heteroatoms. The van der Waals surface area contributed by atoms with Crippen molar-refractivity contribution in [3.05, 3.63) is 35.5 Å². The van der Waals surface area contributed by atoms with E-state index in [2.05, 4.69) is 9.82 Å². The number of sulfone groups is 1.